The van der Waals surface area contributed by atoms with Crippen LogP contribution in [0, 0.1) is 5.82 Å². The predicted octanol–water partition coefficient (Wildman–Crippen LogP) is 1.54. The molecule has 4 aromatic heterocycles. The van der Waals surface area contributed by atoms with E-state index in [4.69, 9.17) is 20.0 Å². The number of aliphatic hydroxyl groups is 1. The Morgan fingerprint density at radius 3 is 2.03 bits per heavy atom. The second-order valence-electron chi connectivity index (χ2n) is 11.4. The summed E-state index contributed by atoms with van der Waals surface area (Å²) in [5.74, 6) is -1.08. The number of hydrogen-bond donors (Lipinski definition) is 4. The summed E-state index contributed by atoms with van der Waals surface area (Å²) in [7, 11) is 0. The minimum Gasteiger partial charge on any atom is -1.00 e. The van der Waals surface area contributed by atoms with E-state index in [9.17, 15) is 18.8 Å². The van der Waals surface area contributed by atoms with Gasteiger partial charge in [0.15, 0.2) is 31.3 Å². The van der Waals surface area contributed by atoms with Gasteiger partial charge in [-0.2, -0.15) is 0 Å². The van der Waals surface area contributed by atoms with Gasteiger partial charge in [0.2, 0.25) is 5.91 Å². The van der Waals surface area contributed by atoms with Crippen molar-refractivity contribution >= 4 is 44.5 Å². The molecule has 59 heavy (non-hydrogen) atoms. The molecule has 309 valence electrons. The van der Waals surface area contributed by atoms with Gasteiger partial charge in [-0.1, -0.05) is 24.3 Å². The molecular formula is C37H43BClFN8NaO10. The topological polar surface area (TPSA) is 247 Å². The first-order valence-corrected chi connectivity index (χ1v) is 17.0. The van der Waals surface area contributed by atoms with Gasteiger partial charge in [0.25, 0.3) is 0 Å². The zero-order valence-electron chi connectivity index (χ0n) is 33.5. The number of aliphatic hydroxyl groups excluding tert-OH is 1. The SMILES string of the molecule is CC(=O)NC[C@H]1CN(c2ccc(-c3ccc(CNCc4cocn4)cc3)c(F)c2)C(=O)O1.CCOC(=O)c1cocn1.Cl.NCc1cocn1.OCc1cocn1.[B].[H-].[Na+]. The Bertz CT molecular complexity index is 2000. The minimum absolute atomic E-state index is 0. The number of halogens is 2. The summed E-state index contributed by atoms with van der Waals surface area (Å²) >= 11 is 0. The van der Waals surface area contributed by atoms with Crippen LogP contribution < -0.4 is 50.8 Å². The van der Waals surface area contributed by atoms with Gasteiger partial charge in [-0.25, -0.2) is 33.9 Å². The molecule has 0 spiro atoms. The van der Waals surface area contributed by atoms with E-state index in [-0.39, 0.29) is 83.1 Å². The average Bonchev–Trinajstić information content (AvgIpc) is 4.06. The maximum Gasteiger partial charge on any atom is 1.00 e. The number of nitrogens with one attached hydrogen (secondary N) is 2. The molecule has 22 heteroatoms. The predicted molar refractivity (Wildman–Crippen MR) is 209 cm³/mol. The number of rotatable bonds is 12. The summed E-state index contributed by atoms with van der Waals surface area (Å²) in [6.45, 7) is 5.59. The van der Waals surface area contributed by atoms with Gasteiger partial charge in [-0.15, -0.1) is 12.4 Å². The molecule has 0 aliphatic carbocycles. The zero-order chi connectivity index (χ0) is 40.1. The molecule has 6 aromatic rings. The third-order valence-electron chi connectivity index (χ3n) is 7.36. The van der Waals surface area contributed by atoms with Gasteiger partial charge in [-0.3, -0.25) is 9.69 Å². The van der Waals surface area contributed by atoms with E-state index >= 15 is 0 Å². The first kappa shape index (κ1) is 51.7. The van der Waals surface area contributed by atoms with Crippen LogP contribution in [0.4, 0.5) is 14.9 Å². The Hall–Kier alpha value is -5.35. The second-order valence-corrected chi connectivity index (χ2v) is 11.4. The number of amides is 2. The van der Waals surface area contributed by atoms with Crippen molar-refractivity contribution in [2.45, 2.75) is 46.2 Å². The second kappa shape index (κ2) is 28.1. The number of ether oxygens (including phenoxy) is 2. The molecule has 1 aliphatic heterocycles. The van der Waals surface area contributed by atoms with E-state index in [0.29, 0.717) is 43.2 Å². The molecule has 5 N–H and O–H groups in total. The summed E-state index contributed by atoms with van der Waals surface area (Å²) in [5, 5.41) is 14.2. The van der Waals surface area contributed by atoms with Crippen LogP contribution in [-0.2, 0) is 40.5 Å². The van der Waals surface area contributed by atoms with E-state index in [1.807, 2.05) is 24.3 Å². The first-order chi connectivity index (χ1) is 27.2. The maximum absolute atomic E-state index is 14.9. The standard InChI is InChI=1S/C23H23FN4O4.C6H7NO3.C4H6N2O.C4H5NO2.B.ClH.Na.H/c1-15(29)26-11-20-12-28(23(30)32-20)19-6-7-21(22(24)8-19)17-4-2-16(3-5-17)9-25-10-18-13-31-14-27-18;1-2-10-6(8)5-3-9-4-7-5;5-1-4-2-7-3-6-4;6-1-4-2-7-3-5-4;;;;/h2-8,13-14,20,25H,9-12H2,1H3,(H,26,29);3-4H,2H2,1H3;2-3H,1,5H2;2-3,6H,1H2;;1H;;/q;;;;;;+1;-1/t20-;;;;;;;/m0......./s1. The number of esters is 1. The Morgan fingerprint density at radius 2 is 1.54 bits per heavy atom. The molecule has 2 aromatic carbocycles. The van der Waals surface area contributed by atoms with Crippen LogP contribution in [0.1, 0.15) is 48.4 Å². The largest absolute Gasteiger partial charge is 1.00 e. The number of nitrogens with zero attached hydrogens (tertiary/aromatic N) is 5. The number of oxazole rings is 4. The molecular weight excluding hydrogens is 805 g/mol. The van der Waals surface area contributed by atoms with Crippen molar-refractivity contribution in [2.24, 2.45) is 5.73 Å². The fourth-order valence-corrected chi connectivity index (χ4v) is 4.64. The minimum atomic E-state index is -0.560. The molecule has 7 rings (SSSR count). The summed E-state index contributed by atoms with van der Waals surface area (Å²) in [6.07, 6.45) is 9.96. The van der Waals surface area contributed by atoms with E-state index in [0.717, 1.165) is 22.5 Å². The van der Waals surface area contributed by atoms with Crippen LogP contribution in [0.25, 0.3) is 11.1 Å². The molecule has 0 unspecified atom stereocenters. The molecule has 3 radical (unpaired) electrons. The Balaban J connectivity index is 0.00000101. The smallest absolute Gasteiger partial charge is 1.00 e. The van der Waals surface area contributed by atoms with Crippen molar-refractivity contribution in [3.05, 3.63) is 127 Å². The molecule has 18 nitrogen and oxygen atoms in total. The van der Waals surface area contributed by atoms with Crippen molar-refractivity contribution < 1.29 is 82.0 Å². The Kier molecular flexibility index (Phi) is 24.6. The van der Waals surface area contributed by atoms with Crippen molar-refractivity contribution in [1.82, 2.24) is 30.6 Å². The molecule has 0 saturated carbocycles. The maximum atomic E-state index is 14.9. The molecule has 2 amide bonds. The number of carbonyl (C=O) groups excluding carboxylic acids is 3. The quantitative estimate of drug-likeness (QED) is 0.101. The third kappa shape index (κ3) is 17.6. The van der Waals surface area contributed by atoms with E-state index < -0.39 is 24.0 Å². The van der Waals surface area contributed by atoms with Crippen molar-refractivity contribution in [1.29, 1.82) is 0 Å². The number of cyclic esters (lactones) is 1. The van der Waals surface area contributed by atoms with Gasteiger partial charge in [0.1, 0.15) is 42.7 Å². The Labute approximate surface area is 370 Å². The molecule has 1 saturated heterocycles. The van der Waals surface area contributed by atoms with E-state index in [1.54, 1.807) is 25.3 Å². The fourth-order valence-electron chi connectivity index (χ4n) is 4.64. The van der Waals surface area contributed by atoms with Gasteiger partial charge in [-0.05, 0) is 36.2 Å². The Morgan fingerprint density at radius 1 is 0.932 bits per heavy atom. The van der Waals surface area contributed by atoms with Crippen LogP contribution in [-0.4, -0.2) is 77.2 Å². The summed E-state index contributed by atoms with van der Waals surface area (Å²) in [5.41, 5.74) is 10.2. The number of anilines is 1. The summed E-state index contributed by atoms with van der Waals surface area (Å²) in [4.78, 5) is 50.3. The van der Waals surface area contributed by atoms with E-state index in [2.05, 4.69) is 48.6 Å². The number of hydrogen-bond acceptors (Lipinski definition) is 16. The van der Waals surface area contributed by atoms with E-state index in [1.165, 1.54) is 62.3 Å². The molecule has 1 aliphatic rings. The van der Waals surface area contributed by atoms with Gasteiger partial charge in [0.05, 0.1) is 43.4 Å². The average molecular weight is 848 g/mol. The van der Waals surface area contributed by atoms with Crippen LogP contribution in [0.2, 0.25) is 0 Å². The first-order valence-electron chi connectivity index (χ1n) is 17.0. The van der Waals surface area contributed by atoms with Crippen LogP contribution in [0.15, 0.2) is 111 Å². The van der Waals surface area contributed by atoms with Gasteiger partial charge >= 0.3 is 41.6 Å². The summed E-state index contributed by atoms with van der Waals surface area (Å²) < 4.78 is 43.4. The van der Waals surface area contributed by atoms with Crippen molar-refractivity contribution in [2.75, 3.05) is 24.6 Å². The number of carbonyl (C=O) groups is 3. The van der Waals surface area contributed by atoms with Crippen molar-refractivity contribution in [3.63, 3.8) is 0 Å². The van der Waals surface area contributed by atoms with Gasteiger partial charge < -0.3 is 50.0 Å². The zero-order valence-corrected chi connectivity index (χ0v) is 35.3. The normalized spacial score (nSPS) is 12.3. The number of nitrogens with two attached hydrogens (primary N) is 1. The monoisotopic (exact) mass is 847 g/mol. The molecule has 1 atom stereocenters. The van der Waals surface area contributed by atoms with Crippen LogP contribution >= 0.6 is 12.4 Å². The number of aromatic nitrogens is 4. The fraction of sp³-hybridized carbons (Fsp3) is 0.270. The van der Waals surface area contributed by atoms with Crippen molar-refractivity contribution in [3.8, 4) is 11.1 Å². The van der Waals surface area contributed by atoms with Crippen LogP contribution in [0.5, 0.6) is 0 Å². The van der Waals surface area contributed by atoms with Gasteiger partial charge in [0, 0.05) is 40.5 Å². The number of benzene rings is 2. The molecule has 0 bridgehead atoms. The summed E-state index contributed by atoms with van der Waals surface area (Å²) in [6, 6.07) is 12.2. The molecule has 1 fully saturated rings. The third-order valence-corrected chi connectivity index (χ3v) is 7.36. The van der Waals surface area contributed by atoms with Crippen LogP contribution in [0.3, 0.4) is 0 Å². The molecule has 5 heterocycles.